The molecule has 1 amide bonds. The second kappa shape index (κ2) is 8.66. The highest BCUT2D eigenvalue weighted by Crippen LogP contribution is 2.22. The highest BCUT2D eigenvalue weighted by atomic mass is 35.5. The molecule has 0 aliphatic carbocycles. The van der Waals surface area contributed by atoms with Crippen molar-refractivity contribution < 1.29 is 4.79 Å². The first-order valence-corrected chi connectivity index (χ1v) is 8.28. The first-order valence-electron chi connectivity index (χ1n) is 7.29. The minimum atomic E-state index is 0. The number of nitrogens with two attached hydrogens (primary N) is 1. The highest BCUT2D eigenvalue weighted by Gasteiger charge is 2.20. The third-order valence-corrected chi connectivity index (χ3v) is 4.87. The first kappa shape index (κ1) is 18.3. The van der Waals surface area contributed by atoms with Gasteiger partial charge in [0.25, 0.3) is 0 Å². The lowest BCUT2D eigenvalue weighted by atomic mass is 10.1. The number of hydrogen-bond donors (Lipinski definition) is 1. The van der Waals surface area contributed by atoms with Gasteiger partial charge in [0.15, 0.2) is 0 Å². The number of carbonyl (C=O) groups is 1. The maximum Gasteiger partial charge on any atom is 0.223 e. The molecule has 0 saturated carbocycles. The largest absolute Gasteiger partial charge is 0.341 e. The van der Waals surface area contributed by atoms with Gasteiger partial charge in [-0.15, -0.1) is 24.2 Å². The van der Waals surface area contributed by atoms with Gasteiger partial charge in [0, 0.05) is 36.2 Å². The van der Waals surface area contributed by atoms with Gasteiger partial charge < -0.3 is 10.6 Å². The van der Waals surface area contributed by atoms with Crippen LogP contribution < -0.4 is 5.73 Å². The van der Waals surface area contributed by atoms with Crippen molar-refractivity contribution in [3.8, 4) is 0 Å². The van der Waals surface area contributed by atoms with E-state index >= 15 is 0 Å². The number of aryl methyl sites for hydroxylation is 2. The Labute approximate surface area is 138 Å². The van der Waals surface area contributed by atoms with Crippen LogP contribution in [0.5, 0.6) is 0 Å². The molecule has 0 bridgehead atoms. The summed E-state index contributed by atoms with van der Waals surface area (Å²) in [6.07, 6.45) is 2.68. The first-order chi connectivity index (χ1) is 9.56. The summed E-state index contributed by atoms with van der Waals surface area (Å²) < 4.78 is 0. The molecule has 2 rings (SSSR count). The van der Waals surface area contributed by atoms with Crippen molar-refractivity contribution >= 4 is 30.1 Å². The molecule has 1 unspecified atom stereocenters. The number of nitrogens with zero attached hydrogens (tertiary/aromatic N) is 1. The lowest BCUT2D eigenvalue weighted by Gasteiger charge is -2.30. The molecule has 0 spiro atoms. The van der Waals surface area contributed by atoms with E-state index in [-0.39, 0.29) is 24.4 Å². The molecule has 1 fully saturated rings. The van der Waals surface area contributed by atoms with Crippen LogP contribution in [0.25, 0.3) is 0 Å². The molecule has 1 aliphatic heterocycles. The van der Waals surface area contributed by atoms with Crippen LogP contribution in [0.2, 0.25) is 0 Å². The van der Waals surface area contributed by atoms with Gasteiger partial charge in [0.05, 0.1) is 0 Å². The van der Waals surface area contributed by atoms with E-state index in [9.17, 15) is 4.79 Å². The van der Waals surface area contributed by atoms with Gasteiger partial charge in [-0.05, 0) is 49.9 Å². The Hall–Kier alpha value is -0.710. The van der Waals surface area contributed by atoms with Gasteiger partial charge in [-0.1, -0.05) is 6.07 Å². The molecule has 1 atom stereocenters. The summed E-state index contributed by atoms with van der Waals surface area (Å²) in [7, 11) is 0. The summed E-state index contributed by atoms with van der Waals surface area (Å²) in [5, 5.41) is 0. The lowest BCUT2D eigenvalue weighted by Crippen LogP contribution is -2.45. The van der Waals surface area contributed by atoms with Crippen molar-refractivity contribution in [2.24, 2.45) is 5.73 Å². The van der Waals surface area contributed by atoms with Crippen LogP contribution in [-0.2, 0) is 4.79 Å². The minimum Gasteiger partial charge on any atom is -0.341 e. The zero-order valence-corrected chi connectivity index (χ0v) is 14.4. The zero-order chi connectivity index (χ0) is 14.5. The summed E-state index contributed by atoms with van der Waals surface area (Å²) in [5.74, 6) is 1.09. The molecule has 2 N–H and O–H groups in total. The van der Waals surface area contributed by atoms with E-state index in [4.69, 9.17) is 5.73 Å². The predicted octanol–water partition coefficient (Wildman–Crippen LogP) is 3.16. The average molecular weight is 329 g/mol. The molecular formula is C16H25ClN2OS. The predicted molar refractivity (Wildman–Crippen MR) is 92.3 cm³/mol. The number of likely N-dealkylation sites (tertiary alicyclic amines) is 1. The van der Waals surface area contributed by atoms with E-state index in [1.165, 1.54) is 16.0 Å². The molecule has 118 valence electrons. The summed E-state index contributed by atoms with van der Waals surface area (Å²) in [5.41, 5.74) is 8.54. The SMILES string of the molecule is Cc1ccc(SCCC(=O)N2CCCC(N)C2)cc1C.Cl. The van der Waals surface area contributed by atoms with Gasteiger partial charge in [-0.25, -0.2) is 0 Å². The monoisotopic (exact) mass is 328 g/mol. The van der Waals surface area contributed by atoms with Gasteiger partial charge in [0.1, 0.15) is 0 Å². The van der Waals surface area contributed by atoms with Crippen molar-refractivity contribution in [3.05, 3.63) is 29.3 Å². The van der Waals surface area contributed by atoms with Crippen molar-refractivity contribution in [2.75, 3.05) is 18.8 Å². The molecule has 3 nitrogen and oxygen atoms in total. The molecule has 0 radical (unpaired) electrons. The third kappa shape index (κ3) is 5.53. The van der Waals surface area contributed by atoms with Crippen LogP contribution in [0.4, 0.5) is 0 Å². The summed E-state index contributed by atoms with van der Waals surface area (Å²) >= 11 is 1.76. The molecule has 21 heavy (non-hydrogen) atoms. The van der Waals surface area contributed by atoms with E-state index in [0.717, 1.165) is 31.7 Å². The molecule has 0 aromatic heterocycles. The Morgan fingerprint density at radius 3 is 2.81 bits per heavy atom. The Kier molecular flexibility index (Phi) is 7.57. The number of carbonyl (C=O) groups excluding carboxylic acids is 1. The van der Waals surface area contributed by atoms with Gasteiger partial charge in [-0.2, -0.15) is 0 Å². The smallest absolute Gasteiger partial charge is 0.223 e. The van der Waals surface area contributed by atoms with Crippen LogP contribution >= 0.6 is 24.2 Å². The lowest BCUT2D eigenvalue weighted by molar-refractivity contribution is -0.131. The number of thioether (sulfide) groups is 1. The Morgan fingerprint density at radius 2 is 2.14 bits per heavy atom. The van der Waals surface area contributed by atoms with E-state index in [1.54, 1.807) is 11.8 Å². The summed E-state index contributed by atoms with van der Waals surface area (Å²) in [6.45, 7) is 5.85. The Morgan fingerprint density at radius 1 is 1.38 bits per heavy atom. The highest BCUT2D eigenvalue weighted by molar-refractivity contribution is 7.99. The molecular weight excluding hydrogens is 304 g/mol. The van der Waals surface area contributed by atoms with Crippen LogP contribution in [0.15, 0.2) is 23.1 Å². The zero-order valence-electron chi connectivity index (χ0n) is 12.8. The number of benzene rings is 1. The van der Waals surface area contributed by atoms with Crippen LogP contribution in [-0.4, -0.2) is 35.7 Å². The number of rotatable bonds is 4. The Bertz CT molecular complexity index is 481. The van der Waals surface area contributed by atoms with Crippen LogP contribution in [0.3, 0.4) is 0 Å². The number of amides is 1. The standard InChI is InChI=1S/C16H24N2OS.ClH/c1-12-5-6-15(10-13(12)2)20-9-7-16(19)18-8-3-4-14(17)11-18;/h5-6,10,14H,3-4,7-9,11,17H2,1-2H3;1H. The van der Waals surface area contributed by atoms with E-state index in [2.05, 4.69) is 32.0 Å². The van der Waals surface area contributed by atoms with Crippen molar-refractivity contribution in [1.82, 2.24) is 4.90 Å². The number of piperidine rings is 1. The van der Waals surface area contributed by atoms with Gasteiger partial charge in [0.2, 0.25) is 5.91 Å². The fraction of sp³-hybridized carbons (Fsp3) is 0.562. The van der Waals surface area contributed by atoms with E-state index in [1.807, 2.05) is 4.90 Å². The Balaban J connectivity index is 0.00000220. The second-order valence-corrected chi connectivity index (χ2v) is 6.75. The second-order valence-electron chi connectivity index (χ2n) is 5.59. The van der Waals surface area contributed by atoms with Crippen molar-refractivity contribution in [1.29, 1.82) is 0 Å². The normalized spacial score (nSPS) is 18.2. The minimum absolute atomic E-state index is 0. The molecule has 1 aliphatic rings. The number of hydrogen-bond acceptors (Lipinski definition) is 3. The fourth-order valence-electron chi connectivity index (χ4n) is 2.45. The molecule has 5 heteroatoms. The maximum atomic E-state index is 12.1. The van der Waals surface area contributed by atoms with E-state index < -0.39 is 0 Å². The quantitative estimate of drug-likeness (QED) is 0.864. The summed E-state index contributed by atoms with van der Waals surface area (Å²) in [6, 6.07) is 6.64. The van der Waals surface area contributed by atoms with Gasteiger partial charge in [-0.3, -0.25) is 4.79 Å². The van der Waals surface area contributed by atoms with Crippen LogP contribution in [0, 0.1) is 13.8 Å². The number of halogens is 1. The van der Waals surface area contributed by atoms with Crippen LogP contribution in [0.1, 0.15) is 30.4 Å². The third-order valence-electron chi connectivity index (χ3n) is 3.87. The fourth-order valence-corrected chi connectivity index (χ4v) is 3.39. The maximum absolute atomic E-state index is 12.1. The van der Waals surface area contributed by atoms with Crippen molar-refractivity contribution in [3.63, 3.8) is 0 Å². The van der Waals surface area contributed by atoms with Gasteiger partial charge >= 0.3 is 0 Å². The molecule has 1 heterocycles. The topological polar surface area (TPSA) is 46.3 Å². The average Bonchev–Trinajstić information content (AvgIpc) is 2.42. The molecule has 1 saturated heterocycles. The summed E-state index contributed by atoms with van der Waals surface area (Å²) in [4.78, 5) is 15.3. The molecule has 1 aromatic rings. The van der Waals surface area contributed by atoms with Crippen molar-refractivity contribution in [2.45, 2.75) is 44.0 Å². The molecule has 1 aromatic carbocycles. The van der Waals surface area contributed by atoms with E-state index in [0.29, 0.717) is 6.42 Å².